The standard InChI is InChI=1S/C17H18N2O2/c18-15-8-7-13(17(20)21)10-16(15)19-9-3-6-12-4-1-2-5-14(12)11-19/h1-2,4-5,7-8,10H,3,6,9,11,18H2,(H,20,21). The molecule has 3 rings (SSSR count). The third-order valence-electron chi connectivity index (χ3n) is 3.97. The molecule has 3 N–H and O–H groups in total. The van der Waals surface area contributed by atoms with Gasteiger partial charge < -0.3 is 15.7 Å². The van der Waals surface area contributed by atoms with Gasteiger partial charge in [-0.05, 0) is 42.2 Å². The summed E-state index contributed by atoms with van der Waals surface area (Å²) < 4.78 is 0. The van der Waals surface area contributed by atoms with Gasteiger partial charge in [0.05, 0.1) is 16.9 Å². The molecule has 1 aliphatic rings. The van der Waals surface area contributed by atoms with Crippen LogP contribution in [0, 0.1) is 0 Å². The smallest absolute Gasteiger partial charge is 0.335 e. The highest BCUT2D eigenvalue weighted by molar-refractivity contribution is 5.90. The lowest BCUT2D eigenvalue weighted by molar-refractivity contribution is 0.0697. The van der Waals surface area contributed by atoms with Gasteiger partial charge in [-0.1, -0.05) is 24.3 Å². The summed E-state index contributed by atoms with van der Waals surface area (Å²) in [4.78, 5) is 13.3. The zero-order valence-electron chi connectivity index (χ0n) is 11.7. The van der Waals surface area contributed by atoms with Crippen molar-refractivity contribution in [1.82, 2.24) is 0 Å². The Balaban J connectivity index is 1.97. The van der Waals surface area contributed by atoms with Crippen molar-refractivity contribution in [3.05, 3.63) is 59.2 Å². The molecule has 0 amide bonds. The Kier molecular flexibility index (Phi) is 3.52. The highest BCUT2D eigenvalue weighted by Gasteiger charge is 2.17. The van der Waals surface area contributed by atoms with Gasteiger partial charge in [0.25, 0.3) is 0 Å². The molecule has 1 heterocycles. The van der Waals surface area contributed by atoms with E-state index in [0.29, 0.717) is 5.69 Å². The van der Waals surface area contributed by atoms with Crippen LogP contribution in [0.15, 0.2) is 42.5 Å². The van der Waals surface area contributed by atoms with E-state index >= 15 is 0 Å². The number of carboxylic acid groups (broad SMARTS) is 1. The van der Waals surface area contributed by atoms with Crippen molar-refractivity contribution >= 4 is 17.3 Å². The lowest BCUT2D eigenvalue weighted by Crippen LogP contribution is -2.24. The largest absolute Gasteiger partial charge is 0.478 e. The summed E-state index contributed by atoms with van der Waals surface area (Å²) in [6.45, 7) is 1.64. The van der Waals surface area contributed by atoms with Crippen LogP contribution >= 0.6 is 0 Å². The van der Waals surface area contributed by atoms with Gasteiger partial charge in [0, 0.05) is 13.1 Å². The highest BCUT2D eigenvalue weighted by Crippen LogP contribution is 2.29. The summed E-state index contributed by atoms with van der Waals surface area (Å²) >= 11 is 0. The Labute approximate surface area is 123 Å². The quantitative estimate of drug-likeness (QED) is 0.831. The second-order valence-electron chi connectivity index (χ2n) is 5.37. The van der Waals surface area contributed by atoms with Gasteiger partial charge in [0.1, 0.15) is 0 Å². The van der Waals surface area contributed by atoms with Crippen LogP contribution < -0.4 is 10.6 Å². The summed E-state index contributed by atoms with van der Waals surface area (Å²) in [5.41, 5.74) is 10.4. The Bertz CT molecular complexity index is 682. The molecular formula is C17H18N2O2. The molecule has 0 aromatic heterocycles. The van der Waals surface area contributed by atoms with E-state index < -0.39 is 5.97 Å². The number of nitrogens with zero attached hydrogens (tertiary/aromatic N) is 1. The molecule has 0 unspecified atom stereocenters. The number of hydrogen-bond acceptors (Lipinski definition) is 3. The molecule has 0 aliphatic carbocycles. The average molecular weight is 282 g/mol. The van der Waals surface area contributed by atoms with E-state index in [0.717, 1.165) is 31.6 Å². The second-order valence-corrected chi connectivity index (χ2v) is 5.37. The number of rotatable bonds is 2. The number of fused-ring (bicyclic) bond motifs is 1. The zero-order chi connectivity index (χ0) is 14.8. The molecule has 2 aromatic carbocycles. The Morgan fingerprint density at radius 3 is 2.67 bits per heavy atom. The van der Waals surface area contributed by atoms with Crippen LogP contribution in [0.4, 0.5) is 11.4 Å². The Morgan fingerprint density at radius 1 is 1.14 bits per heavy atom. The predicted molar refractivity (Wildman–Crippen MR) is 83.6 cm³/mol. The molecule has 21 heavy (non-hydrogen) atoms. The lowest BCUT2D eigenvalue weighted by atomic mass is 10.0. The summed E-state index contributed by atoms with van der Waals surface area (Å²) in [6.07, 6.45) is 2.08. The van der Waals surface area contributed by atoms with E-state index in [1.165, 1.54) is 11.1 Å². The molecule has 4 nitrogen and oxygen atoms in total. The van der Waals surface area contributed by atoms with E-state index in [1.807, 2.05) is 6.07 Å². The van der Waals surface area contributed by atoms with Gasteiger partial charge in [-0.15, -0.1) is 0 Å². The van der Waals surface area contributed by atoms with E-state index in [4.69, 9.17) is 10.8 Å². The summed E-state index contributed by atoms with van der Waals surface area (Å²) in [6, 6.07) is 13.3. The first-order valence-corrected chi connectivity index (χ1v) is 7.09. The number of nitrogens with two attached hydrogens (primary N) is 1. The summed E-state index contributed by atoms with van der Waals surface area (Å²) in [5.74, 6) is -0.925. The third-order valence-corrected chi connectivity index (χ3v) is 3.97. The minimum atomic E-state index is -0.925. The molecule has 0 atom stereocenters. The number of carbonyl (C=O) groups is 1. The van der Waals surface area contributed by atoms with Crippen LogP contribution in [0.3, 0.4) is 0 Å². The minimum absolute atomic E-state index is 0.275. The normalized spacial score (nSPS) is 14.4. The molecular weight excluding hydrogens is 264 g/mol. The van der Waals surface area contributed by atoms with E-state index in [-0.39, 0.29) is 5.56 Å². The number of aryl methyl sites for hydroxylation is 1. The van der Waals surface area contributed by atoms with Crippen LogP contribution in [-0.4, -0.2) is 17.6 Å². The van der Waals surface area contributed by atoms with Gasteiger partial charge in [0.2, 0.25) is 0 Å². The van der Waals surface area contributed by atoms with Crippen molar-refractivity contribution in [1.29, 1.82) is 0 Å². The molecule has 1 aliphatic heterocycles. The molecule has 0 radical (unpaired) electrons. The van der Waals surface area contributed by atoms with Crippen molar-refractivity contribution in [3.8, 4) is 0 Å². The van der Waals surface area contributed by atoms with Crippen LogP contribution in [0.1, 0.15) is 27.9 Å². The zero-order valence-corrected chi connectivity index (χ0v) is 11.7. The number of benzene rings is 2. The first-order valence-electron chi connectivity index (χ1n) is 7.09. The van der Waals surface area contributed by atoms with Gasteiger partial charge >= 0.3 is 5.97 Å². The van der Waals surface area contributed by atoms with E-state index in [1.54, 1.807) is 18.2 Å². The maximum absolute atomic E-state index is 11.2. The van der Waals surface area contributed by atoms with Crippen molar-refractivity contribution in [3.63, 3.8) is 0 Å². The highest BCUT2D eigenvalue weighted by atomic mass is 16.4. The third kappa shape index (κ3) is 2.70. The molecule has 0 fully saturated rings. The van der Waals surface area contributed by atoms with Crippen LogP contribution in [-0.2, 0) is 13.0 Å². The fraction of sp³-hybridized carbons (Fsp3) is 0.235. The number of aromatic carboxylic acids is 1. The molecule has 4 heteroatoms. The number of anilines is 2. The first kappa shape index (κ1) is 13.5. The molecule has 0 bridgehead atoms. The summed E-state index contributed by atoms with van der Waals surface area (Å²) in [7, 11) is 0. The van der Waals surface area contributed by atoms with Gasteiger partial charge in [-0.25, -0.2) is 4.79 Å². The van der Waals surface area contributed by atoms with E-state index in [2.05, 4.69) is 23.1 Å². The molecule has 0 spiro atoms. The van der Waals surface area contributed by atoms with Crippen molar-refractivity contribution in [2.75, 3.05) is 17.2 Å². The number of nitrogen functional groups attached to an aromatic ring is 1. The maximum Gasteiger partial charge on any atom is 0.335 e. The SMILES string of the molecule is Nc1ccc(C(=O)O)cc1N1CCCc2ccccc2C1. The minimum Gasteiger partial charge on any atom is -0.478 e. The van der Waals surface area contributed by atoms with Crippen molar-refractivity contribution in [2.24, 2.45) is 0 Å². The molecule has 0 saturated carbocycles. The van der Waals surface area contributed by atoms with Crippen LogP contribution in [0.25, 0.3) is 0 Å². The van der Waals surface area contributed by atoms with Gasteiger partial charge in [-0.3, -0.25) is 0 Å². The number of hydrogen-bond donors (Lipinski definition) is 2. The fourth-order valence-corrected chi connectivity index (χ4v) is 2.86. The topological polar surface area (TPSA) is 66.6 Å². The monoisotopic (exact) mass is 282 g/mol. The first-order chi connectivity index (χ1) is 10.1. The Hall–Kier alpha value is -2.49. The number of carboxylic acids is 1. The van der Waals surface area contributed by atoms with Crippen molar-refractivity contribution < 1.29 is 9.90 Å². The van der Waals surface area contributed by atoms with E-state index in [9.17, 15) is 4.79 Å². The predicted octanol–water partition coefficient (Wildman–Crippen LogP) is 2.92. The van der Waals surface area contributed by atoms with Gasteiger partial charge in [-0.2, -0.15) is 0 Å². The Morgan fingerprint density at radius 2 is 1.90 bits per heavy atom. The molecule has 108 valence electrons. The van der Waals surface area contributed by atoms with Crippen LogP contribution in [0.2, 0.25) is 0 Å². The van der Waals surface area contributed by atoms with Gasteiger partial charge in [0.15, 0.2) is 0 Å². The molecule has 2 aromatic rings. The van der Waals surface area contributed by atoms with Crippen molar-refractivity contribution in [2.45, 2.75) is 19.4 Å². The molecule has 0 saturated heterocycles. The fourth-order valence-electron chi connectivity index (χ4n) is 2.86. The summed E-state index contributed by atoms with van der Waals surface area (Å²) in [5, 5.41) is 9.15. The second kappa shape index (κ2) is 5.48. The van der Waals surface area contributed by atoms with Crippen LogP contribution in [0.5, 0.6) is 0 Å². The maximum atomic E-state index is 11.2. The lowest BCUT2D eigenvalue weighted by Gasteiger charge is -2.25. The average Bonchev–Trinajstić information content (AvgIpc) is 2.69.